The summed E-state index contributed by atoms with van der Waals surface area (Å²) in [5.41, 5.74) is 8.06. The smallest absolute Gasteiger partial charge is 0.134 e. The largest absolute Gasteiger partial charge is 0.506 e. The molecule has 0 aromatic heterocycles. The zero-order valence-electron chi connectivity index (χ0n) is 9.59. The minimum absolute atomic E-state index is 0.145. The maximum atomic E-state index is 9.74. The quantitative estimate of drug-likeness (QED) is 0.788. The Morgan fingerprint density at radius 3 is 2.44 bits per heavy atom. The predicted octanol–water partition coefficient (Wildman–Crippen LogP) is 3.47. The molecule has 88 valence electrons. The van der Waals surface area contributed by atoms with Crippen LogP contribution in [0.1, 0.15) is 43.2 Å². The maximum absolute atomic E-state index is 9.74. The molecule has 1 aromatic rings. The van der Waals surface area contributed by atoms with Crippen molar-refractivity contribution < 1.29 is 5.11 Å². The van der Waals surface area contributed by atoms with E-state index in [4.69, 9.17) is 17.3 Å². The van der Waals surface area contributed by atoms with Crippen LogP contribution < -0.4 is 5.73 Å². The summed E-state index contributed by atoms with van der Waals surface area (Å²) in [5.74, 6) is 0.145. The molecule has 0 bridgehead atoms. The molecule has 0 unspecified atom stereocenters. The molecule has 1 saturated carbocycles. The third-order valence-electron chi connectivity index (χ3n) is 3.56. The first-order chi connectivity index (χ1) is 7.53. The fraction of sp³-hybridized carbons (Fsp3) is 0.538. The molecule has 2 nitrogen and oxygen atoms in total. The number of hydrogen-bond acceptors (Lipinski definition) is 2. The van der Waals surface area contributed by atoms with Gasteiger partial charge in [0.25, 0.3) is 0 Å². The first-order valence-corrected chi connectivity index (χ1v) is 6.19. The van der Waals surface area contributed by atoms with Gasteiger partial charge in [-0.3, -0.25) is 0 Å². The van der Waals surface area contributed by atoms with Crippen LogP contribution >= 0.6 is 11.6 Å². The van der Waals surface area contributed by atoms with E-state index in [2.05, 4.69) is 0 Å². The topological polar surface area (TPSA) is 46.2 Å². The van der Waals surface area contributed by atoms with Crippen LogP contribution in [0, 0.1) is 6.92 Å². The SMILES string of the molecule is Cc1cc(C2(N)CCCCC2)cc(O)c1Cl. The molecular formula is C13H18ClNO. The molecule has 0 atom stereocenters. The van der Waals surface area contributed by atoms with E-state index in [1.54, 1.807) is 6.07 Å². The van der Waals surface area contributed by atoms with Gasteiger partial charge >= 0.3 is 0 Å². The lowest BCUT2D eigenvalue weighted by molar-refractivity contribution is 0.301. The van der Waals surface area contributed by atoms with Crippen molar-refractivity contribution in [2.45, 2.75) is 44.6 Å². The Morgan fingerprint density at radius 1 is 1.25 bits per heavy atom. The van der Waals surface area contributed by atoms with Gasteiger partial charge < -0.3 is 10.8 Å². The van der Waals surface area contributed by atoms with Gasteiger partial charge in [0.1, 0.15) is 5.75 Å². The Hall–Kier alpha value is -0.730. The Labute approximate surface area is 101 Å². The van der Waals surface area contributed by atoms with Gasteiger partial charge in [0.05, 0.1) is 5.02 Å². The zero-order valence-corrected chi connectivity index (χ0v) is 10.3. The van der Waals surface area contributed by atoms with Gasteiger partial charge in [-0.05, 0) is 37.0 Å². The second kappa shape index (κ2) is 4.27. The van der Waals surface area contributed by atoms with E-state index in [0.717, 1.165) is 24.0 Å². The van der Waals surface area contributed by atoms with E-state index >= 15 is 0 Å². The monoisotopic (exact) mass is 239 g/mol. The molecule has 2 rings (SSSR count). The molecule has 1 fully saturated rings. The number of aryl methyl sites for hydroxylation is 1. The van der Waals surface area contributed by atoms with Gasteiger partial charge in [0.15, 0.2) is 0 Å². The van der Waals surface area contributed by atoms with Crippen LogP contribution in [-0.2, 0) is 5.54 Å². The summed E-state index contributed by atoms with van der Waals surface area (Å²) in [7, 11) is 0. The summed E-state index contributed by atoms with van der Waals surface area (Å²) in [6.07, 6.45) is 5.58. The minimum Gasteiger partial charge on any atom is -0.506 e. The predicted molar refractivity (Wildman–Crippen MR) is 66.8 cm³/mol. The third-order valence-corrected chi connectivity index (χ3v) is 4.05. The van der Waals surface area contributed by atoms with Crippen molar-refractivity contribution >= 4 is 11.6 Å². The lowest BCUT2D eigenvalue weighted by atomic mass is 9.77. The van der Waals surface area contributed by atoms with Gasteiger partial charge in [-0.15, -0.1) is 0 Å². The second-order valence-electron chi connectivity index (χ2n) is 4.84. The van der Waals surface area contributed by atoms with E-state index in [-0.39, 0.29) is 11.3 Å². The van der Waals surface area contributed by atoms with Crippen LogP contribution in [0.3, 0.4) is 0 Å². The molecular weight excluding hydrogens is 222 g/mol. The van der Waals surface area contributed by atoms with Crippen LogP contribution in [0.25, 0.3) is 0 Å². The van der Waals surface area contributed by atoms with Crippen LogP contribution in [0.4, 0.5) is 0 Å². The van der Waals surface area contributed by atoms with Gasteiger partial charge in [-0.1, -0.05) is 36.9 Å². The first-order valence-electron chi connectivity index (χ1n) is 5.81. The molecule has 0 spiro atoms. The maximum Gasteiger partial charge on any atom is 0.134 e. The Bertz CT molecular complexity index is 374. The number of rotatable bonds is 1. The number of phenols is 1. The first kappa shape index (κ1) is 11.7. The van der Waals surface area contributed by atoms with Crippen LogP contribution in [-0.4, -0.2) is 5.11 Å². The highest BCUT2D eigenvalue weighted by Crippen LogP contribution is 2.38. The highest BCUT2D eigenvalue weighted by molar-refractivity contribution is 6.32. The molecule has 16 heavy (non-hydrogen) atoms. The molecule has 0 amide bonds. The van der Waals surface area contributed by atoms with Crippen molar-refractivity contribution in [3.63, 3.8) is 0 Å². The molecule has 1 aliphatic carbocycles. The van der Waals surface area contributed by atoms with Crippen molar-refractivity contribution in [2.75, 3.05) is 0 Å². The summed E-state index contributed by atoms with van der Waals surface area (Å²) in [4.78, 5) is 0. The van der Waals surface area contributed by atoms with Crippen molar-refractivity contribution in [3.05, 3.63) is 28.3 Å². The fourth-order valence-corrected chi connectivity index (χ4v) is 2.62. The molecule has 3 heteroatoms. The van der Waals surface area contributed by atoms with Crippen molar-refractivity contribution in [2.24, 2.45) is 5.73 Å². The highest BCUT2D eigenvalue weighted by atomic mass is 35.5. The number of benzene rings is 1. The number of halogens is 1. The second-order valence-corrected chi connectivity index (χ2v) is 5.22. The van der Waals surface area contributed by atoms with Gasteiger partial charge in [0.2, 0.25) is 0 Å². The number of hydrogen-bond donors (Lipinski definition) is 2. The van der Waals surface area contributed by atoms with Crippen molar-refractivity contribution in [3.8, 4) is 5.75 Å². The van der Waals surface area contributed by atoms with Gasteiger partial charge in [-0.25, -0.2) is 0 Å². The fourth-order valence-electron chi connectivity index (χ4n) is 2.51. The molecule has 0 radical (unpaired) electrons. The Balaban J connectivity index is 2.39. The van der Waals surface area contributed by atoms with E-state index in [1.165, 1.54) is 19.3 Å². The summed E-state index contributed by atoms with van der Waals surface area (Å²) < 4.78 is 0. The minimum atomic E-state index is -0.273. The molecule has 3 N–H and O–H groups in total. The van der Waals surface area contributed by atoms with Crippen LogP contribution in [0.2, 0.25) is 5.02 Å². The molecule has 1 aromatic carbocycles. The van der Waals surface area contributed by atoms with E-state index in [9.17, 15) is 5.11 Å². The summed E-state index contributed by atoms with van der Waals surface area (Å²) in [5, 5.41) is 10.2. The van der Waals surface area contributed by atoms with Crippen molar-refractivity contribution in [1.29, 1.82) is 0 Å². The molecule has 0 heterocycles. The summed E-state index contributed by atoms with van der Waals surface area (Å²) >= 11 is 5.94. The van der Waals surface area contributed by atoms with Gasteiger partial charge in [0, 0.05) is 5.54 Å². The van der Waals surface area contributed by atoms with Crippen LogP contribution in [0.5, 0.6) is 5.75 Å². The Morgan fingerprint density at radius 2 is 1.88 bits per heavy atom. The summed E-state index contributed by atoms with van der Waals surface area (Å²) in [6, 6.07) is 3.73. The van der Waals surface area contributed by atoms with E-state index < -0.39 is 0 Å². The number of nitrogens with two attached hydrogens (primary N) is 1. The lowest BCUT2D eigenvalue weighted by Crippen LogP contribution is -2.38. The van der Waals surface area contributed by atoms with Gasteiger partial charge in [-0.2, -0.15) is 0 Å². The standard InChI is InChI=1S/C13H18ClNO/c1-9-7-10(8-11(16)12(9)14)13(15)5-3-2-4-6-13/h7-8,16H,2-6,15H2,1H3. The number of phenolic OH excluding ortho intramolecular Hbond substituents is 1. The number of aromatic hydroxyl groups is 1. The van der Waals surface area contributed by atoms with E-state index in [0.29, 0.717) is 5.02 Å². The Kier molecular flexibility index (Phi) is 3.13. The van der Waals surface area contributed by atoms with Crippen LogP contribution in [0.15, 0.2) is 12.1 Å². The molecule has 0 saturated heterocycles. The summed E-state index contributed by atoms with van der Waals surface area (Å²) in [6.45, 7) is 1.90. The lowest BCUT2D eigenvalue weighted by Gasteiger charge is -2.34. The van der Waals surface area contributed by atoms with E-state index in [1.807, 2.05) is 13.0 Å². The average molecular weight is 240 g/mol. The molecule has 0 aliphatic heterocycles. The van der Waals surface area contributed by atoms with Crippen molar-refractivity contribution in [1.82, 2.24) is 0 Å². The molecule has 1 aliphatic rings. The average Bonchev–Trinajstić information content (AvgIpc) is 2.26. The highest BCUT2D eigenvalue weighted by Gasteiger charge is 2.30. The normalized spacial score (nSPS) is 19.7. The zero-order chi connectivity index (χ0) is 11.8. The third kappa shape index (κ3) is 2.04.